The molecule has 1 aromatic heterocycles. The van der Waals surface area contributed by atoms with E-state index in [2.05, 4.69) is 10.2 Å². The number of nitrogens with zero attached hydrogens (tertiary/aromatic N) is 2. The first-order chi connectivity index (χ1) is 8.79. The van der Waals surface area contributed by atoms with E-state index in [4.69, 9.17) is 9.47 Å². The van der Waals surface area contributed by atoms with E-state index in [0.29, 0.717) is 11.8 Å². The molecule has 1 heterocycles. The highest BCUT2D eigenvalue weighted by atomic mass is 32.1. The molecule has 1 fully saturated rings. The molecule has 0 N–H and O–H groups in total. The van der Waals surface area contributed by atoms with E-state index >= 15 is 0 Å². The number of ether oxygens (including phenoxy) is 2. The molecule has 2 rings (SSSR count). The predicted molar refractivity (Wildman–Crippen MR) is 68.0 cm³/mol. The number of esters is 1. The molecular formula is C12H18N2O3S. The first kappa shape index (κ1) is 13.3. The molecule has 0 amide bonds. The molecule has 1 aliphatic carbocycles. The smallest absolute Gasteiger partial charge is 0.369 e. The van der Waals surface area contributed by atoms with Crippen LogP contribution in [0.5, 0.6) is 5.19 Å². The summed E-state index contributed by atoms with van der Waals surface area (Å²) >= 11 is 1.16. The van der Waals surface area contributed by atoms with E-state index in [1.54, 1.807) is 6.92 Å². The molecular weight excluding hydrogens is 252 g/mol. The Morgan fingerprint density at radius 1 is 1.28 bits per heavy atom. The number of carbonyl (C=O) groups excluding carboxylic acids is 1. The number of hydrogen-bond acceptors (Lipinski definition) is 6. The van der Waals surface area contributed by atoms with Crippen LogP contribution in [-0.2, 0) is 4.74 Å². The van der Waals surface area contributed by atoms with Gasteiger partial charge in [0.1, 0.15) is 6.10 Å². The summed E-state index contributed by atoms with van der Waals surface area (Å²) in [5, 5.41) is 8.42. The summed E-state index contributed by atoms with van der Waals surface area (Å²) in [6.07, 6.45) is 7.31. The van der Waals surface area contributed by atoms with E-state index in [0.717, 1.165) is 24.2 Å². The van der Waals surface area contributed by atoms with Crippen molar-refractivity contribution < 1.29 is 14.3 Å². The molecule has 0 aliphatic heterocycles. The minimum atomic E-state index is -0.425. The summed E-state index contributed by atoms with van der Waals surface area (Å²) in [5.74, 6) is -0.425. The van der Waals surface area contributed by atoms with Crippen LogP contribution < -0.4 is 4.74 Å². The van der Waals surface area contributed by atoms with Gasteiger partial charge in [-0.2, -0.15) is 0 Å². The maximum absolute atomic E-state index is 11.4. The normalized spacial score (nSPS) is 17.2. The van der Waals surface area contributed by atoms with Crippen LogP contribution in [0.2, 0.25) is 0 Å². The predicted octanol–water partition coefficient (Wildman–Crippen LogP) is 2.82. The van der Waals surface area contributed by atoms with Crippen molar-refractivity contribution in [2.24, 2.45) is 0 Å². The van der Waals surface area contributed by atoms with Gasteiger partial charge in [0.05, 0.1) is 6.61 Å². The molecule has 0 saturated heterocycles. The topological polar surface area (TPSA) is 61.3 Å². The van der Waals surface area contributed by atoms with E-state index in [1.807, 2.05) is 0 Å². The van der Waals surface area contributed by atoms with Crippen LogP contribution in [-0.4, -0.2) is 28.9 Å². The van der Waals surface area contributed by atoms with Crippen LogP contribution in [0.1, 0.15) is 55.3 Å². The lowest BCUT2D eigenvalue weighted by Crippen LogP contribution is -2.14. The molecule has 5 nitrogen and oxygen atoms in total. The maximum Gasteiger partial charge on any atom is 0.369 e. The van der Waals surface area contributed by atoms with Gasteiger partial charge >= 0.3 is 5.97 Å². The molecule has 6 heteroatoms. The largest absolute Gasteiger partial charge is 0.466 e. The molecule has 100 valence electrons. The third-order valence-electron chi connectivity index (χ3n) is 2.93. The summed E-state index contributed by atoms with van der Waals surface area (Å²) in [5.41, 5.74) is 0. The van der Waals surface area contributed by atoms with Crippen LogP contribution in [0.15, 0.2) is 0 Å². The van der Waals surface area contributed by atoms with Gasteiger partial charge in [0, 0.05) is 0 Å². The van der Waals surface area contributed by atoms with Crippen molar-refractivity contribution in [2.45, 2.75) is 51.6 Å². The van der Waals surface area contributed by atoms with Crippen molar-refractivity contribution in [1.29, 1.82) is 0 Å². The Bertz CT molecular complexity index is 386. The van der Waals surface area contributed by atoms with Gasteiger partial charge in [0.25, 0.3) is 5.19 Å². The van der Waals surface area contributed by atoms with E-state index < -0.39 is 5.97 Å². The SMILES string of the molecule is CCOC(=O)c1nnc(OC2CCCCCC2)s1. The molecule has 1 aliphatic rings. The number of rotatable bonds is 4. The second-order valence-corrected chi connectivity index (χ2v) is 5.27. The fourth-order valence-corrected chi connectivity index (χ4v) is 2.69. The van der Waals surface area contributed by atoms with Gasteiger partial charge in [-0.25, -0.2) is 4.79 Å². The zero-order valence-electron chi connectivity index (χ0n) is 10.6. The summed E-state index contributed by atoms with van der Waals surface area (Å²) in [6, 6.07) is 0. The Labute approximate surface area is 111 Å². The molecule has 1 saturated carbocycles. The van der Waals surface area contributed by atoms with E-state index in [9.17, 15) is 4.79 Å². The molecule has 0 spiro atoms. The van der Waals surface area contributed by atoms with Gasteiger partial charge in [0.15, 0.2) is 0 Å². The Morgan fingerprint density at radius 2 is 2.00 bits per heavy atom. The van der Waals surface area contributed by atoms with Crippen molar-refractivity contribution >= 4 is 17.3 Å². The average Bonchev–Trinajstić information content (AvgIpc) is 2.67. The van der Waals surface area contributed by atoms with Gasteiger partial charge in [-0.3, -0.25) is 0 Å². The van der Waals surface area contributed by atoms with Gasteiger partial charge in [-0.15, -0.1) is 5.10 Å². The number of hydrogen-bond donors (Lipinski definition) is 0. The fourth-order valence-electron chi connectivity index (χ4n) is 2.04. The zero-order valence-corrected chi connectivity index (χ0v) is 11.4. The third kappa shape index (κ3) is 3.66. The van der Waals surface area contributed by atoms with Crippen molar-refractivity contribution in [3.8, 4) is 5.19 Å². The maximum atomic E-state index is 11.4. The molecule has 0 radical (unpaired) electrons. The van der Waals surface area contributed by atoms with Crippen LogP contribution in [0, 0.1) is 0 Å². The molecule has 0 unspecified atom stereocenters. The lowest BCUT2D eigenvalue weighted by molar-refractivity contribution is 0.0525. The average molecular weight is 270 g/mol. The molecule has 0 bridgehead atoms. The van der Waals surface area contributed by atoms with Crippen molar-refractivity contribution in [2.75, 3.05) is 6.61 Å². The monoisotopic (exact) mass is 270 g/mol. The van der Waals surface area contributed by atoms with Gasteiger partial charge in [-0.1, -0.05) is 17.9 Å². The van der Waals surface area contributed by atoms with Gasteiger partial charge in [-0.05, 0) is 43.9 Å². The first-order valence-corrected chi connectivity index (χ1v) is 7.28. The summed E-state index contributed by atoms with van der Waals surface area (Å²) in [4.78, 5) is 11.4. The Morgan fingerprint density at radius 3 is 2.67 bits per heavy atom. The van der Waals surface area contributed by atoms with Gasteiger partial charge < -0.3 is 9.47 Å². The highest BCUT2D eigenvalue weighted by molar-refractivity contribution is 7.14. The summed E-state index contributed by atoms with van der Waals surface area (Å²) in [7, 11) is 0. The molecule has 18 heavy (non-hydrogen) atoms. The fraction of sp³-hybridized carbons (Fsp3) is 0.750. The summed E-state index contributed by atoms with van der Waals surface area (Å²) in [6.45, 7) is 2.11. The zero-order chi connectivity index (χ0) is 12.8. The van der Waals surface area contributed by atoms with Gasteiger partial charge in [0.2, 0.25) is 5.01 Å². The lowest BCUT2D eigenvalue weighted by atomic mass is 10.2. The van der Waals surface area contributed by atoms with E-state index in [1.165, 1.54) is 25.7 Å². The molecule has 1 aromatic rings. The second-order valence-electron chi connectivity index (χ2n) is 4.33. The Balaban J connectivity index is 1.91. The highest BCUT2D eigenvalue weighted by Gasteiger charge is 2.18. The van der Waals surface area contributed by atoms with Crippen LogP contribution in [0.3, 0.4) is 0 Å². The molecule has 0 aromatic carbocycles. The highest BCUT2D eigenvalue weighted by Crippen LogP contribution is 2.25. The number of carbonyl (C=O) groups is 1. The van der Waals surface area contributed by atoms with Crippen molar-refractivity contribution in [3.63, 3.8) is 0 Å². The lowest BCUT2D eigenvalue weighted by Gasteiger charge is -2.13. The van der Waals surface area contributed by atoms with Crippen molar-refractivity contribution in [1.82, 2.24) is 10.2 Å². The Kier molecular flexibility index (Phi) is 4.92. The second kappa shape index (κ2) is 6.68. The van der Waals surface area contributed by atoms with E-state index in [-0.39, 0.29) is 11.1 Å². The van der Waals surface area contributed by atoms with Crippen molar-refractivity contribution in [3.05, 3.63) is 5.01 Å². The number of aromatic nitrogens is 2. The third-order valence-corrected chi connectivity index (χ3v) is 3.72. The van der Waals surface area contributed by atoms with Crippen LogP contribution >= 0.6 is 11.3 Å². The summed E-state index contributed by atoms with van der Waals surface area (Å²) < 4.78 is 10.6. The van der Waals surface area contributed by atoms with Crippen LogP contribution in [0.25, 0.3) is 0 Å². The minimum absolute atomic E-state index is 0.218. The standard InChI is InChI=1S/C12H18N2O3S/c1-2-16-11(15)10-13-14-12(18-10)17-9-7-5-3-4-6-8-9/h9H,2-8H2,1H3. The first-order valence-electron chi connectivity index (χ1n) is 6.47. The van der Waals surface area contributed by atoms with Crippen LogP contribution in [0.4, 0.5) is 0 Å². The quantitative estimate of drug-likeness (QED) is 0.622. The Hall–Kier alpha value is -1.17. The minimum Gasteiger partial charge on any atom is -0.466 e. The molecule has 0 atom stereocenters.